The van der Waals surface area contributed by atoms with E-state index in [1.54, 1.807) is 19.2 Å². The highest BCUT2D eigenvalue weighted by atomic mass is 35.5. The number of halogens is 1. The molecule has 1 saturated carbocycles. The lowest BCUT2D eigenvalue weighted by molar-refractivity contribution is 0.109. The number of nitrogens with zero attached hydrogens (tertiary/aromatic N) is 8. The van der Waals surface area contributed by atoms with E-state index in [0.717, 1.165) is 24.2 Å². The molecule has 0 bridgehead atoms. The van der Waals surface area contributed by atoms with Crippen molar-refractivity contribution in [3.8, 4) is 17.9 Å². The molecule has 2 aromatic heterocycles. The van der Waals surface area contributed by atoms with E-state index >= 15 is 0 Å². The molecule has 53 heavy (non-hydrogen) atoms. The number of alkyl carbamates (subject to hydrolysis) is 1. The smallest absolute Gasteiger partial charge is 0.407 e. The van der Waals surface area contributed by atoms with Crippen molar-refractivity contribution in [2.24, 2.45) is 0 Å². The van der Waals surface area contributed by atoms with Crippen LogP contribution in [0.1, 0.15) is 56.9 Å². The van der Waals surface area contributed by atoms with Gasteiger partial charge in [0.2, 0.25) is 5.95 Å². The third kappa shape index (κ3) is 8.12. The number of fused-ring (bicyclic) bond motifs is 1. The van der Waals surface area contributed by atoms with Gasteiger partial charge in [0.25, 0.3) is 0 Å². The van der Waals surface area contributed by atoms with Crippen LogP contribution in [0.5, 0.6) is 5.75 Å². The highest BCUT2D eigenvalue weighted by Crippen LogP contribution is 2.41. The fourth-order valence-electron chi connectivity index (χ4n) is 6.18. The summed E-state index contributed by atoms with van der Waals surface area (Å²) in [5, 5.41) is 31.3. The molecule has 0 spiro atoms. The molecular weight excluding hydrogens is 712 g/mol. The van der Waals surface area contributed by atoms with Crippen LogP contribution in [0.4, 0.5) is 27.9 Å². The predicted molar refractivity (Wildman–Crippen MR) is 205 cm³/mol. The number of hydrogen-bond donors (Lipinski definition) is 2. The minimum Gasteiger partial charge on any atom is -0.497 e. The van der Waals surface area contributed by atoms with Crippen LogP contribution in [0.15, 0.2) is 42.6 Å². The van der Waals surface area contributed by atoms with Crippen molar-refractivity contribution in [2.45, 2.75) is 82.9 Å². The van der Waals surface area contributed by atoms with Gasteiger partial charge in [0, 0.05) is 25.7 Å². The average Bonchev–Trinajstić information content (AvgIpc) is 3.90. The first kappa shape index (κ1) is 37.7. The van der Waals surface area contributed by atoms with Gasteiger partial charge in [-0.2, -0.15) is 20.0 Å². The number of carbonyl (C=O) groups excluding carboxylic acids is 1. The summed E-state index contributed by atoms with van der Waals surface area (Å²) in [5.41, 5.74) is 3.21. The second-order valence-electron chi connectivity index (χ2n) is 14.9. The highest BCUT2D eigenvalue weighted by Gasteiger charge is 2.43. The lowest BCUT2D eigenvalue weighted by Crippen LogP contribution is -2.59. The van der Waals surface area contributed by atoms with Crippen molar-refractivity contribution in [2.75, 3.05) is 42.4 Å². The Hall–Kier alpha value is -5.09. The van der Waals surface area contributed by atoms with E-state index in [1.807, 2.05) is 24.3 Å². The summed E-state index contributed by atoms with van der Waals surface area (Å²) in [6, 6.07) is 15.7. The summed E-state index contributed by atoms with van der Waals surface area (Å²) in [4.78, 5) is 26.1. The highest BCUT2D eigenvalue weighted by molar-refractivity contribution is 6.74. The lowest BCUT2D eigenvalue weighted by Gasteiger charge is -2.46. The zero-order valence-corrected chi connectivity index (χ0v) is 32.9. The summed E-state index contributed by atoms with van der Waals surface area (Å²) < 4.78 is 18.6. The summed E-state index contributed by atoms with van der Waals surface area (Å²) >= 11 is 7.18. The fourth-order valence-corrected chi connectivity index (χ4v) is 7.81. The van der Waals surface area contributed by atoms with Crippen molar-refractivity contribution in [1.29, 1.82) is 10.5 Å². The van der Waals surface area contributed by atoms with Crippen LogP contribution in [0, 0.1) is 22.7 Å². The van der Waals surface area contributed by atoms with E-state index in [-0.39, 0.29) is 34.9 Å². The second kappa shape index (κ2) is 15.1. The van der Waals surface area contributed by atoms with E-state index < -0.39 is 14.4 Å². The number of anilines is 4. The summed E-state index contributed by atoms with van der Waals surface area (Å²) in [6.45, 7) is 12.4. The number of aromatic nitrogens is 4. The Kier molecular flexibility index (Phi) is 10.7. The molecule has 4 aromatic rings. The summed E-state index contributed by atoms with van der Waals surface area (Å²) in [7, 11) is 0.719. The first-order valence-corrected chi connectivity index (χ1v) is 20.9. The number of ether oxygens (including phenoxy) is 2. The third-order valence-corrected chi connectivity index (χ3v) is 15.2. The van der Waals surface area contributed by atoms with Crippen LogP contribution in [-0.4, -0.2) is 79.5 Å². The SMILES string of the molecule is COC(=O)N[C@H]1CCN(c2cc(C#N)cc(Nc3nc(N(Cc4ccc(OC)cc4)C4CC4)c4ncc(C#N)n4n3)c2Cl)C[C@@H]1O[Si](C)(C)C(C)(C)C. The number of nitrogens with one attached hydrogen (secondary N) is 2. The number of nitriles is 2. The molecule has 2 aromatic carbocycles. The second-order valence-corrected chi connectivity index (χ2v) is 20.1. The average molecular weight is 757 g/mol. The number of piperidine rings is 1. The van der Waals surface area contributed by atoms with Gasteiger partial charge in [-0.25, -0.2) is 9.78 Å². The Morgan fingerprint density at radius 3 is 2.47 bits per heavy atom. The predicted octanol–water partition coefficient (Wildman–Crippen LogP) is 6.77. The standard InChI is InChI=1S/C37H45ClN10O4Si/c1-37(2,3)53(6,7)52-31-22-46(15-14-28(31)43-36(49)51-5)30-17-24(18-39)16-29(32(30)38)42-35-44-34(33-41-20-26(19-40)48(33)45-35)47(25-10-11-25)21-23-8-12-27(50-4)13-9-23/h8-9,12-13,16-17,20,25,28,31H,10-11,14-15,21-22H2,1-7H3,(H,42,45)(H,43,49)/t28-,31-/m0/s1. The quantitative estimate of drug-likeness (QED) is 0.155. The molecule has 16 heteroatoms. The Labute approximate surface area is 315 Å². The zero-order chi connectivity index (χ0) is 38.1. The first-order chi connectivity index (χ1) is 25.2. The van der Waals surface area contributed by atoms with E-state index in [2.05, 4.69) is 76.5 Å². The van der Waals surface area contributed by atoms with E-state index in [4.69, 9.17) is 30.5 Å². The number of rotatable bonds is 11. The Bertz CT molecular complexity index is 2070. The molecule has 2 atom stereocenters. The molecule has 278 valence electrons. The molecular formula is C37H45ClN10O4Si. The molecule has 3 heterocycles. The van der Waals surface area contributed by atoms with E-state index in [0.29, 0.717) is 59.5 Å². The monoisotopic (exact) mass is 756 g/mol. The number of imidazole rings is 1. The molecule has 2 aliphatic rings. The van der Waals surface area contributed by atoms with Crippen molar-refractivity contribution in [1.82, 2.24) is 24.9 Å². The number of methoxy groups -OCH3 is 2. The maximum atomic E-state index is 12.3. The first-order valence-electron chi connectivity index (χ1n) is 17.6. The molecule has 2 fully saturated rings. The van der Waals surface area contributed by atoms with Gasteiger partial charge < -0.3 is 34.3 Å². The minimum atomic E-state index is -2.26. The van der Waals surface area contributed by atoms with Gasteiger partial charge in [-0.05, 0) is 67.2 Å². The van der Waals surface area contributed by atoms with Crippen molar-refractivity contribution < 1.29 is 18.7 Å². The molecule has 6 rings (SSSR count). The van der Waals surface area contributed by atoms with Crippen LogP contribution in [-0.2, 0) is 15.7 Å². The van der Waals surface area contributed by atoms with Crippen LogP contribution in [0.2, 0.25) is 23.2 Å². The number of carbonyl (C=O) groups is 1. The van der Waals surface area contributed by atoms with E-state index in [1.165, 1.54) is 17.8 Å². The molecule has 1 saturated heterocycles. The molecule has 14 nitrogen and oxygen atoms in total. The molecule has 1 amide bonds. The molecule has 0 radical (unpaired) electrons. The van der Waals surface area contributed by atoms with Gasteiger partial charge in [-0.1, -0.05) is 44.5 Å². The van der Waals surface area contributed by atoms with Gasteiger partial charge in [0.1, 0.15) is 11.8 Å². The van der Waals surface area contributed by atoms with Gasteiger partial charge >= 0.3 is 6.09 Å². The Balaban J connectivity index is 1.35. The maximum Gasteiger partial charge on any atom is 0.407 e. The van der Waals surface area contributed by atoms with Crippen molar-refractivity contribution in [3.05, 3.63) is 64.4 Å². The van der Waals surface area contributed by atoms with Crippen LogP contribution >= 0.6 is 11.6 Å². The topological polar surface area (TPSA) is 166 Å². The third-order valence-electron chi connectivity index (χ3n) is 10.3. The van der Waals surface area contributed by atoms with Crippen molar-refractivity contribution >= 4 is 54.8 Å². The van der Waals surface area contributed by atoms with Crippen molar-refractivity contribution in [3.63, 3.8) is 0 Å². The molecule has 2 N–H and O–H groups in total. The Morgan fingerprint density at radius 1 is 1.11 bits per heavy atom. The lowest BCUT2D eigenvalue weighted by atomic mass is 10.0. The van der Waals surface area contributed by atoms with Gasteiger partial charge in [0.05, 0.1) is 60.6 Å². The van der Waals surface area contributed by atoms with Crippen LogP contribution in [0.25, 0.3) is 5.65 Å². The number of benzene rings is 2. The largest absolute Gasteiger partial charge is 0.497 e. The van der Waals surface area contributed by atoms with Gasteiger partial charge in [-0.3, -0.25) is 0 Å². The summed E-state index contributed by atoms with van der Waals surface area (Å²) in [5.74, 6) is 1.53. The normalized spacial score (nSPS) is 17.5. The molecule has 1 aliphatic carbocycles. The molecule has 0 unspecified atom stereocenters. The Morgan fingerprint density at radius 2 is 1.85 bits per heavy atom. The summed E-state index contributed by atoms with van der Waals surface area (Å²) in [6.07, 6.45) is 3.16. The molecule has 1 aliphatic heterocycles. The van der Waals surface area contributed by atoms with Gasteiger partial charge in [0.15, 0.2) is 25.5 Å². The number of amides is 1. The fraction of sp³-hybridized carbons (Fsp3) is 0.459. The van der Waals surface area contributed by atoms with E-state index in [9.17, 15) is 15.3 Å². The van der Waals surface area contributed by atoms with Crippen LogP contribution < -0.4 is 25.2 Å². The zero-order valence-electron chi connectivity index (χ0n) is 31.1. The number of hydrogen-bond acceptors (Lipinski definition) is 12. The van der Waals surface area contributed by atoms with Gasteiger partial charge in [-0.15, -0.1) is 5.10 Å². The minimum absolute atomic E-state index is 0.0646. The maximum absolute atomic E-state index is 12.3. The van der Waals surface area contributed by atoms with Crippen LogP contribution in [0.3, 0.4) is 0 Å².